The third-order valence-corrected chi connectivity index (χ3v) is 7.49. The average molecular weight is 394 g/mol. The Morgan fingerprint density at radius 2 is 1.88 bits per heavy atom. The summed E-state index contributed by atoms with van der Waals surface area (Å²) >= 11 is 1.69. The van der Waals surface area contributed by atoms with Crippen LogP contribution in [0.25, 0.3) is 0 Å². The lowest BCUT2D eigenvalue weighted by Gasteiger charge is -2.37. The van der Waals surface area contributed by atoms with Gasteiger partial charge in [0.15, 0.2) is 0 Å². The van der Waals surface area contributed by atoms with E-state index in [1.165, 1.54) is 4.88 Å². The van der Waals surface area contributed by atoms with Gasteiger partial charge in [-0.2, -0.15) is 0 Å². The normalized spacial score (nSPS) is 18.1. The van der Waals surface area contributed by atoms with E-state index >= 15 is 0 Å². The lowest BCUT2D eigenvalue weighted by Crippen LogP contribution is -2.48. The Kier molecular flexibility index (Phi) is 6.14. The molecule has 0 bridgehead atoms. The van der Waals surface area contributed by atoms with E-state index in [1.54, 1.807) is 17.4 Å². The third kappa shape index (κ3) is 4.53. The molecule has 7 heteroatoms. The fourth-order valence-electron chi connectivity index (χ4n) is 3.39. The van der Waals surface area contributed by atoms with Gasteiger partial charge in [-0.05, 0) is 44.0 Å². The van der Waals surface area contributed by atoms with Gasteiger partial charge in [-0.1, -0.05) is 23.8 Å². The Morgan fingerprint density at radius 1 is 1.15 bits per heavy atom. The van der Waals surface area contributed by atoms with E-state index in [0.29, 0.717) is 11.4 Å². The van der Waals surface area contributed by atoms with Gasteiger partial charge < -0.3 is 4.90 Å². The molecule has 1 aromatic heterocycles. The molecule has 5 nitrogen and oxygen atoms in total. The maximum Gasteiger partial charge on any atom is 0.240 e. The zero-order valence-electron chi connectivity index (χ0n) is 15.6. The Labute approximate surface area is 160 Å². The number of aryl methyl sites for hydroxylation is 2. The van der Waals surface area contributed by atoms with Crippen molar-refractivity contribution in [1.29, 1.82) is 0 Å². The number of hydrogen-bond acceptors (Lipinski definition) is 5. The molecule has 1 aromatic carbocycles. The monoisotopic (exact) mass is 393 g/mol. The molecule has 142 valence electrons. The van der Waals surface area contributed by atoms with Crippen LogP contribution in [-0.2, 0) is 10.0 Å². The minimum Gasteiger partial charge on any atom is -0.304 e. The summed E-state index contributed by atoms with van der Waals surface area (Å²) in [7, 11) is -1.40. The van der Waals surface area contributed by atoms with Crippen LogP contribution in [0.15, 0.2) is 40.6 Å². The van der Waals surface area contributed by atoms with Gasteiger partial charge in [-0.25, -0.2) is 13.1 Å². The molecule has 1 saturated heterocycles. The fraction of sp³-hybridized carbons (Fsp3) is 0.474. The van der Waals surface area contributed by atoms with E-state index < -0.39 is 10.0 Å². The standard InChI is InChI=1S/C19H27N3O2S2/c1-15-6-7-19(16(2)13-15)26(23,24)20-14-17(18-5-4-12-25-18)22-10-8-21(3)9-11-22/h4-7,12-13,17,20H,8-11,14H2,1-3H3. The Morgan fingerprint density at radius 3 is 2.50 bits per heavy atom. The molecule has 1 unspecified atom stereocenters. The van der Waals surface area contributed by atoms with Gasteiger partial charge in [0.2, 0.25) is 10.0 Å². The molecule has 0 amide bonds. The molecule has 3 rings (SSSR count). The molecule has 0 radical (unpaired) electrons. The molecule has 1 aliphatic rings. The summed E-state index contributed by atoms with van der Waals surface area (Å²) in [6, 6.07) is 9.65. The first kappa shape index (κ1) is 19.5. The summed E-state index contributed by atoms with van der Waals surface area (Å²) in [5.41, 5.74) is 1.85. The van der Waals surface area contributed by atoms with E-state index in [2.05, 4.69) is 33.0 Å². The molecule has 1 fully saturated rings. The van der Waals surface area contributed by atoms with Gasteiger partial charge in [-0.3, -0.25) is 4.90 Å². The van der Waals surface area contributed by atoms with Crippen molar-refractivity contribution in [3.8, 4) is 0 Å². The molecule has 0 saturated carbocycles. The second-order valence-electron chi connectivity index (χ2n) is 6.99. The number of thiophene rings is 1. The van der Waals surface area contributed by atoms with Gasteiger partial charge in [-0.15, -0.1) is 11.3 Å². The molecule has 1 aliphatic heterocycles. The molecule has 1 atom stereocenters. The Balaban J connectivity index is 1.77. The molecule has 0 aliphatic carbocycles. The SMILES string of the molecule is Cc1ccc(S(=O)(=O)NCC(c2cccs2)N2CCN(C)CC2)c(C)c1. The highest BCUT2D eigenvalue weighted by Gasteiger charge is 2.27. The Hall–Kier alpha value is -1.25. The first-order chi connectivity index (χ1) is 12.4. The van der Waals surface area contributed by atoms with E-state index in [-0.39, 0.29) is 6.04 Å². The van der Waals surface area contributed by atoms with Crippen molar-refractivity contribution < 1.29 is 8.42 Å². The van der Waals surface area contributed by atoms with Gasteiger partial charge in [0, 0.05) is 37.6 Å². The van der Waals surface area contributed by atoms with Crippen molar-refractivity contribution in [2.45, 2.75) is 24.8 Å². The molecule has 0 spiro atoms. The van der Waals surface area contributed by atoms with Crippen molar-refractivity contribution in [3.05, 3.63) is 51.7 Å². The lowest BCUT2D eigenvalue weighted by molar-refractivity contribution is 0.114. The van der Waals surface area contributed by atoms with E-state index in [4.69, 9.17) is 0 Å². The highest BCUT2D eigenvalue weighted by atomic mass is 32.2. The lowest BCUT2D eigenvalue weighted by atomic mass is 10.2. The fourth-order valence-corrected chi connectivity index (χ4v) is 5.52. The minimum atomic E-state index is -3.53. The molecule has 2 aromatic rings. The van der Waals surface area contributed by atoms with Gasteiger partial charge in [0.05, 0.1) is 10.9 Å². The zero-order chi connectivity index (χ0) is 18.7. The van der Waals surface area contributed by atoms with Crippen LogP contribution in [-0.4, -0.2) is 58.0 Å². The minimum absolute atomic E-state index is 0.0734. The van der Waals surface area contributed by atoms with Crippen LogP contribution in [0.5, 0.6) is 0 Å². The largest absolute Gasteiger partial charge is 0.304 e. The number of piperazine rings is 1. The number of benzene rings is 1. The van der Waals surface area contributed by atoms with Gasteiger partial charge in [0.25, 0.3) is 0 Å². The number of hydrogen-bond donors (Lipinski definition) is 1. The van der Waals surface area contributed by atoms with Gasteiger partial charge in [0.1, 0.15) is 0 Å². The first-order valence-electron chi connectivity index (χ1n) is 8.90. The summed E-state index contributed by atoms with van der Waals surface area (Å²) in [6.45, 7) is 8.11. The molecule has 2 heterocycles. The van der Waals surface area contributed by atoms with E-state index in [9.17, 15) is 8.42 Å². The van der Waals surface area contributed by atoms with E-state index in [0.717, 1.165) is 37.3 Å². The summed E-state index contributed by atoms with van der Waals surface area (Å²) in [6.07, 6.45) is 0. The number of nitrogens with zero attached hydrogens (tertiary/aromatic N) is 2. The molecular weight excluding hydrogens is 366 g/mol. The molecule has 26 heavy (non-hydrogen) atoms. The van der Waals surface area contributed by atoms with Crippen LogP contribution in [0.4, 0.5) is 0 Å². The van der Waals surface area contributed by atoms with Gasteiger partial charge >= 0.3 is 0 Å². The van der Waals surface area contributed by atoms with Crippen molar-refractivity contribution in [1.82, 2.24) is 14.5 Å². The maximum absolute atomic E-state index is 12.8. The van der Waals surface area contributed by atoms with E-state index in [1.807, 2.05) is 32.0 Å². The second kappa shape index (κ2) is 8.19. The van der Waals surface area contributed by atoms with Crippen LogP contribution in [0.2, 0.25) is 0 Å². The van der Waals surface area contributed by atoms with Crippen LogP contribution in [0.1, 0.15) is 22.0 Å². The summed E-state index contributed by atoms with van der Waals surface area (Å²) in [5, 5.41) is 2.05. The van der Waals surface area contributed by atoms with Crippen LogP contribution in [0, 0.1) is 13.8 Å². The zero-order valence-corrected chi connectivity index (χ0v) is 17.2. The third-order valence-electron chi connectivity index (χ3n) is 4.94. The smallest absolute Gasteiger partial charge is 0.240 e. The predicted molar refractivity (Wildman–Crippen MR) is 107 cm³/mol. The van der Waals surface area contributed by atoms with Crippen LogP contribution in [0.3, 0.4) is 0 Å². The van der Waals surface area contributed by atoms with Crippen LogP contribution >= 0.6 is 11.3 Å². The summed E-state index contributed by atoms with van der Waals surface area (Å²) in [4.78, 5) is 6.27. The van der Waals surface area contributed by atoms with Crippen molar-refractivity contribution in [2.75, 3.05) is 39.8 Å². The van der Waals surface area contributed by atoms with Crippen molar-refractivity contribution in [3.63, 3.8) is 0 Å². The highest BCUT2D eigenvalue weighted by molar-refractivity contribution is 7.89. The molecule has 1 N–H and O–H groups in total. The summed E-state index contributed by atoms with van der Waals surface area (Å²) in [5.74, 6) is 0. The first-order valence-corrected chi connectivity index (χ1v) is 11.3. The predicted octanol–water partition coefficient (Wildman–Crippen LogP) is 2.63. The summed E-state index contributed by atoms with van der Waals surface area (Å²) < 4.78 is 28.5. The highest BCUT2D eigenvalue weighted by Crippen LogP contribution is 2.26. The number of likely N-dealkylation sites (N-methyl/N-ethyl adjacent to an activating group) is 1. The second-order valence-corrected chi connectivity index (χ2v) is 9.71. The maximum atomic E-state index is 12.8. The number of sulfonamides is 1. The average Bonchev–Trinajstić information content (AvgIpc) is 3.10. The number of rotatable bonds is 6. The topological polar surface area (TPSA) is 52.7 Å². The Bertz CT molecular complexity index is 826. The number of nitrogens with one attached hydrogen (secondary N) is 1. The quantitative estimate of drug-likeness (QED) is 0.820. The van der Waals surface area contributed by atoms with Crippen LogP contribution < -0.4 is 4.72 Å². The molecular formula is C19H27N3O2S2. The van der Waals surface area contributed by atoms with Crippen molar-refractivity contribution in [2.24, 2.45) is 0 Å². The van der Waals surface area contributed by atoms with Crippen molar-refractivity contribution >= 4 is 21.4 Å².